The largest absolute Gasteiger partial charge is 0.351 e. The quantitative estimate of drug-likeness (QED) is 0.852. The minimum absolute atomic E-state index is 0.187. The lowest BCUT2D eigenvalue weighted by molar-refractivity contribution is 0.0988. The molecule has 0 aliphatic carbocycles. The molecular weight excluding hydrogens is 240 g/mol. The van der Waals surface area contributed by atoms with Gasteiger partial charge in [-0.25, -0.2) is 0 Å². The summed E-state index contributed by atoms with van der Waals surface area (Å²) >= 11 is 5.78. The number of hydrogen-bond acceptors (Lipinski definition) is 3. The Balaban J connectivity index is 2.18. The molecule has 0 radical (unpaired) electrons. The summed E-state index contributed by atoms with van der Waals surface area (Å²) < 4.78 is 4.88. The first-order valence-electron chi connectivity index (χ1n) is 5.09. The van der Waals surface area contributed by atoms with E-state index in [-0.39, 0.29) is 11.7 Å². The maximum atomic E-state index is 11.8. The van der Waals surface area contributed by atoms with Crippen molar-refractivity contribution in [1.82, 2.24) is 5.16 Å². The highest BCUT2D eigenvalue weighted by molar-refractivity contribution is 6.17. The lowest BCUT2D eigenvalue weighted by Crippen LogP contribution is -2.12. The number of halogens is 1. The number of aromatic nitrogens is 1. The average molecular weight is 251 g/mol. The zero-order valence-corrected chi connectivity index (χ0v) is 9.99. The normalized spacial score (nSPS) is 10.2. The highest BCUT2D eigenvalue weighted by Crippen LogP contribution is 2.18. The molecule has 5 heteroatoms. The minimum atomic E-state index is -0.330. The minimum Gasteiger partial charge on any atom is -0.351 e. The summed E-state index contributed by atoms with van der Waals surface area (Å²) in [5, 5.41) is 6.39. The Hall–Kier alpha value is -1.81. The fraction of sp³-hybridized carbons (Fsp3) is 0.167. The molecule has 0 aliphatic rings. The molecule has 0 aliphatic heterocycles. The number of carbonyl (C=O) groups is 1. The van der Waals surface area contributed by atoms with Gasteiger partial charge in [-0.1, -0.05) is 23.4 Å². The zero-order chi connectivity index (χ0) is 12.3. The Labute approximate surface area is 104 Å². The number of hydrogen-bond donors (Lipinski definition) is 1. The molecule has 0 atom stereocenters. The number of anilines is 1. The molecule has 0 unspecified atom stereocenters. The second-order valence-electron chi connectivity index (χ2n) is 3.58. The number of amides is 1. The predicted octanol–water partition coefficient (Wildman–Crippen LogP) is 2.97. The van der Waals surface area contributed by atoms with Crippen LogP contribution in [0.25, 0.3) is 0 Å². The molecule has 4 nitrogen and oxygen atoms in total. The Kier molecular flexibility index (Phi) is 3.44. The van der Waals surface area contributed by atoms with E-state index >= 15 is 0 Å². The van der Waals surface area contributed by atoms with Crippen LogP contribution in [0, 0.1) is 6.92 Å². The van der Waals surface area contributed by atoms with Gasteiger partial charge in [-0.2, -0.15) is 0 Å². The van der Waals surface area contributed by atoms with Crippen LogP contribution in [0.1, 0.15) is 21.8 Å². The van der Waals surface area contributed by atoms with Crippen molar-refractivity contribution in [3.63, 3.8) is 0 Å². The highest BCUT2D eigenvalue weighted by atomic mass is 35.5. The van der Waals surface area contributed by atoms with Crippen molar-refractivity contribution in [2.45, 2.75) is 12.8 Å². The van der Waals surface area contributed by atoms with Gasteiger partial charge in [0.15, 0.2) is 0 Å². The molecule has 0 saturated carbocycles. The van der Waals surface area contributed by atoms with Crippen molar-refractivity contribution in [3.8, 4) is 0 Å². The van der Waals surface area contributed by atoms with Gasteiger partial charge in [0, 0.05) is 17.6 Å². The number of alkyl halides is 1. The van der Waals surface area contributed by atoms with Crippen LogP contribution in [-0.2, 0) is 5.88 Å². The molecule has 1 aromatic carbocycles. The van der Waals surface area contributed by atoms with E-state index in [1.54, 1.807) is 19.1 Å². The van der Waals surface area contributed by atoms with E-state index in [0.717, 1.165) is 5.56 Å². The van der Waals surface area contributed by atoms with Crippen molar-refractivity contribution in [1.29, 1.82) is 0 Å². The number of aryl methyl sites for hydroxylation is 1. The van der Waals surface area contributed by atoms with Crippen LogP contribution < -0.4 is 5.32 Å². The summed E-state index contributed by atoms with van der Waals surface area (Å²) in [6.45, 7) is 1.76. The monoisotopic (exact) mass is 250 g/mol. The lowest BCUT2D eigenvalue weighted by atomic mass is 10.2. The van der Waals surface area contributed by atoms with Gasteiger partial charge in [-0.3, -0.25) is 4.79 Å². The van der Waals surface area contributed by atoms with Crippen molar-refractivity contribution in [2.24, 2.45) is 0 Å². The molecule has 0 spiro atoms. The first-order chi connectivity index (χ1) is 8.20. The fourth-order valence-corrected chi connectivity index (χ4v) is 1.65. The van der Waals surface area contributed by atoms with E-state index in [4.69, 9.17) is 16.1 Å². The van der Waals surface area contributed by atoms with Gasteiger partial charge in [0.05, 0.1) is 5.69 Å². The summed E-state index contributed by atoms with van der Waals surface area (Å²) in [4.78, 5) is 11.8. The first kappa shape index (κ1) is 11.7. The molecule has 1 amide bonds. The number of carbonyl (C=O) groups excluding carboxylic acids is 1. The smallest absolute Gasteiger partial charge is 0.294 e. The van der Waals surface area contributed by atoms with Gasteiger partial charge >= 0.3 is 0 Å². The number of benzene rings is 1. The number of para-hydroxylation sites is 1. The van der Waals surface area contributed by atoms with Gasteiger partial charge in [-0.15, -0.1) is 11.6 Å². The molecule has 1 aromatic heterocycles. The van der Waals surface area contributed by atoms with E-state index < -0.39 is 0 Å². The summed E-state index contributed by atoms with van der Waals surface area (Å²) in [5.41, 5.74) is 2.21. The average Bonchev–Trinajstić information content (AvgIpc) is 2.77. The topological polar surface area (TPSA) is 55.1 Å². The Bertz CT molecular complexity index is 537. The molecule has 0 fully saturated rings. The molecule has 17 heavy (non-hydrogen) atoms. The van der Waals surface area contributed by atoms with Crippen molar-refractivity contribution < 1.29 is 9.32 Å². The molecule has 0 saturated heterocycles. The van der Waals surface area contributed by atoms with Gasteiger partial charge < -0.3 is 9.84 Å². The van der Waals surface area contributed by atoms with Crippen molar-refractivity contribution >= 4 is 23.2 Å². The maximum absolute atomic E-state index is 11.8. The van der Waals surface area contributed by atoms with Gasteiger partial charge in [0.2, 0.25) is 5.76 Å². The van der Waals surface area contributed by atoms with Crippen LogP contribution in [0.2, 0.25) is 0 Å². The van der Waals surface area contributed by atoms with Crippen LogP contribution in [0.3, 0.4) is 0 Å². The second-order valence-corrected chi connectivity index (χ2v) is 3.84. The van der Waals surface area contributed by atoms with Crippen LogP contribution in [0.5, 0.6) is 0 Å². The molecule has 0 bridgehead atoms. The van der Waals surface area contributed by atoms with Crippen LogP contribution in [0.15, 0.2) is 34.9 Å². The second kappa shape index (κ2) is 5.01. The summed E-state index contributed by atoms with van der Waals surface area (Å²) in [7, 11) is 0. The number of nitrogens with zero attached hydrogens (tertiary/aromatic N) is 1. The van der Waals surface area contributed by atoms with Crippen LogP contribution in [0.4, 0.5) is 5.69 Å². The SMILES string of the molecule is Cc1cc(C(=O)Nc2ccccc2CCl)on1. The Morgan fingerprint density at radius 2 is 2.24 bits per heavy atom. The highest BCUT2D eigenvalue weighted by Gasteiger charge is 2.12. The summed E-state index contributed by atoms with van der Waals surface area (Å²) in [5.74, 6) is 0.196. The molecule has 1 heterocycles. The van der Waals surface area contributed by atoms with Gasteiger partial charge in [0.1, 0.15) is 0 Å². The predicted molar refractivity (Wildman–Crippen MR) is 65.2 cm³/mol. The summed E-state index contributed by atoms with van der Waals surface area (Å²) in [6.07, 6.45) is 0. The van der Waals surface area contributed by atoms with Gasteiger partial charge in [-0.05, 0) is 18.6 Å². The van der Waals surface area contributed by atoms with E-state index in [1.165, 1.54) is 0 Å². The maximum Gasteiger partial charge on any atom is 0.294 e. The zero-order valence-electron chi connectivity index (χ0n) is 9.24. The fourth-order valence-electron chi connectivity index (χ4n) is 1.41. The third-order valence-corrected chi connectivity index (χ3v) is 2.55. The Morgan fingerprint density at radius 1 is 1.47 bits per heavy atom. The van der Waals surface area contributed by atoms with Crippen LogP contribution in [-0.4, -0.2) is 11.1 Å². The van der Waals surface area contributed by atoms with Crippen molar-refractivity contribution in [2.75, 3.05) is 5.32 Å². The molecule has 1 N–H and O–H groups in total. The summed E-state index contributed by atoms with van der Waals surface area (Å²) in [6, 6.07) is 8.93. The first-order valence-corrected chi connectivity index (χ1v) is 5.62. The molecule has 2 aromatic rings. The van der Waals surface area contributed by atoms with E-state index in [1.807, 2.05) is 18.2 Å². The van der Waals surface area contributed by atoms with Crippen molar-refractivity contribution in [3.05, 3.63) is 47.3 Å². The van der Waals surface area contributed by atoms with Crippen LogP contribution >= 0.6 is 11.6 Å². The standard InChI is InChI=1S/C12H11ClN2O2/c1-8-6-11(17-15-8)12(16)14-10-5-3-2-4-9(10)7-13/h2-6H,7H2,1H3,(H,14,16). The number of nitrogens with one attached hydrogen (secondary N) is 1. The Morgan fingerprint density at radius 3 is 2.88 bits per heavy atom. The third kappa shape index (κ3) is 2.65. The van der Waals surface area contributed by atoms with Gasteiger partial charge in [0.25, 0.3) is 5.91 Å². The number of rotatable bonds is 3. The molecule has 88 valence electrons. The molecular formula is C12H11ClN2O2. The third-order valence-electron chi connectivity index (χ3n) is 2.26. The lowest BCUT2D eigenvalue weighted by Gasteiger charge is -2.06. The van der Waals surface area contributed by atoms with E-state index in [2.05, 4.69) is 10.5 Å². The molecule has 2 rings (SSSR count). The van der Waals surface area contributed by atoms with E-state index in [0.29, 0.717) is 17.3 Å². The van der Waals surface area contributed by atoms with E-state index in [9.17, 15) is 4.79 Å².